The van der Waals surface area contributed by atoms with Crippen LogP contribution in [0.25, 0.3) is 0 Å². The average molecular weight is 274 g/mol. The minimum absolute atomic E-state index is 0.0705. The van der Waals surface area contributed by atoms with Crippen LogP contribution in [0.3, 0.4) is 0 Å². The summed E-state index contributed by atoms with van der Waals surface area (Å²) in [5.41, 5.74) is 0.839. The van der Waals surface area contributed by atoms with Crippen molar-refractivity contribution in [1.29, 1.82) is 0 Å². The van der Waals surface area contributed by atoms with Gasteiger partial charge in [0.2, 0.25) is 11.7 Å². The lowest BCUT2D eigenvalue weighted by Gasteiger charge is -2.15. The molecule has 20 heavy (non-hydrogen) atoms. The number of amides is 1. The predicted octanol–water partition coefficient (Wildman–Crippen LogP) is 0.197. The third-order valence-corrected chi connectivity index (χ3v) is 3.11. The largest absolute Gasteiger partial charge is 0.471 e. The van der Waals surface area contributed by atoms with E-state index in [0.29, 0.717) is 19.0 Å². The van der Waals surface area contributed by atoms with E-state index in [2.05, 4.69) is 25.4 Å². The second kappa shape index (κ2) is 5.24. The third kappa shape index (κ3) is 2.58. The van der Waals surface area contributed by atoms with Gasteiger partial charge in [0.25, 0.3) is 5.91 Å². The molecule has 0 bridgehead atoms. The number of aromatic amines is 1. The van der Waals surface area contributed by atoms with Gasteiger partial charge in [0, 0.05) is 19.0 Å². The van der Waals surface area contributed by atoms with Crippen molar-refractivity contribution in [3.63, 3.8) is 0 Å². The van der Waals surface area contributed by atoms with Crippen molar-refractivity contribution < 1.29 is 9.53 Å². The summed E-state index contributed by atoms with van der Waals surface area (Å²) in [6.07, 6.45) is 2.01. The molecule has 1 unspecified atom stereocenters. The maximum absolute atomic E-state index is 12.1. The number of hydrogen-bond acceptors (Lipinski definition) is 6. The Morgan fingerprint density at radius 1 is 1.45 bits per heavy atom. The van der Waals surface area contributed by atoms with E-state index < -0.39 is 0 Å². The molecule has 0 radical (unpaired) electrons. The molecule has 0 aliphatic carbocycles. The number of ether oxygens (including phenoxy) is 1. The van der Waals surface area contributed by atoms with E-state index >= 15 is 0 Å². The van der Waals surface area contributed by atoms with Crippen molar-refractivity contribution in [1.82, 2.24) is 30.3 Å². The molecule has 0 spiro atoms. The molecular formula is C12H14N6O2. The fourth-order valence-electron chi connectivity index (χ4n) is 2.09. The normalized spacial score (nSPS) is 18.2. The Labute approximate surface area is 115 Å². The highest BCUT2D eigenvalue weighted by Gasteiger charge is 2.29. The number of carbonyl (C=O) groups excluding carboxylic acids is 1. The molecule has 1 fully saturated rings. The highest BCUT2D eigenvalue weighted by molar-refractivity contribution is 5.90. The lowest BCUT2D eigenvalue weighted by atomic mass is 10.3. The van der Waals surface area contributed by atoms with Crippen LogP contribution in [0.4, 0.5) is 0 Å². The summed E-state index contributed by atoms with van der Waals surface area (Å²) in [6, 6.07) is 3.62. The van der Waals surface area contributed by atoms with E-state index in [1.807, 2.05) is 13.0 Å². The maximum Gasteiger partial charge on any atom is 0.291 e. The molecule has 1 N–H and O–H groups in total. The molecule has 3 rings (SSSR count). The fourth-order valence-corrected chi connectivity index (χ4v) is 2.09. The summed E-state index contributed by atoms with van der Waals surface area (Å²) in [5, 5.41) is 14.1. The second-order valence-electron chi connectivity index (χ2n) is 4.63. The molecule has 1 atom stereocenters. The molecular weight excluding hydrogens is 260 g/mol. The van der Waals surface area contributed by atoms with Crippen molar-refractivity contribution in [2.45, 2.75) is 19.4 Å². The smallest absolute Gasteiger partial charge is 0.291 e. The predicted molar refractivity (Wildman–Crippen MR) is 68.1 cm³/mol. The molecule has 0 saturated carbocycles. The zero-order valence-electron chi connectivity index (χ0n) is 11.0. The van der Waals surface area contributed by atoms with Crippen LogP contribution in [-0.2, 0) is 0 Å². The van der Waals surface area contributed by atoms with Crippen LogP contribution < -0.4 is 4.74 Å². The van der Waals surface area contributed by atoms with Gasteiger partial charge in [-0.1, -0.05) is 0 Å². The van der Waals surface area contributed by atoms with Gasteiger partial charge in [0.15, 0.2) is 0 Å². The summed E-state index contributed by atoms with van der Waals surface area (Å²) in [4.78, 5) is 17.6. The van der Waals surface area contributed by atoms with Gasteiger partial charge in [-0.05, 0) is 13.0 Å². The molecule has 1 saturated heterocycles. The van der Waals surface area contributed by atoms with E-state index in [1.54, 1.807) is 11.0 Å². The van der Waals surface area contributed by atoms with Crippen LogP contribution in [-0.4, -0.2) is 55.4 Å². The number of carbonyl (C=O) groups is 1. The van der Waals surface area contributed by atoms with Gasteiger partial charge in [0.05, 0.1) is 12.2 Å². The van der Waals surface area contributed by atoms with Crippen molar-refractivity contribution in [3.8, 4) is 5.88 Å². The lowest BCUT2D eigenvalue weighted by Crippen LogP contribution is -2.31. The number of nitrogens with one attached hydrogen (secondary N) is 1. The third-order valence-electron chi connectivity index (χ3n) is 3.11. The van der Waals surface area contributed by atoms with Crippen molar-refractivity contribution in [2.75, 3.05) is 13.1 Å². The Bertz CT molecular complexity index is 583. The van der Waals surface area contributed by atoms with Gasteiger partial charge < -0.3 is 9.64 Å². The molecule has 2 aromatic heterocycles. The molecule has 1 aliphatic rings. The molecule has 3 heterocycles. The molecule has 8 heteroatoms. The zero-order valence-corrected chi connectivity index (χ0v) is 11.0. The Hall–Kier alpha value is -2.51. The molecule has 0 aromatic carbocycles. The number of nitrogens with zero attached hydrogens (tertiary/aromatic N) is 5. The van der Waals surface area contributed by atoms with Crippen LogP contribution in [0.1, 0.15) is 22.7 Å². The summed E-state index contributed by atoms with van der Waals surface area (Å²) in [7, 11) is 0. The van der Waals surface area contributed by atoms with Crippen LogP contribution in [0.5, 0.6) is 5.88 Å². The first-order valence-corrected chi connectivity index (χ1v) is 6.34. The van der Waals surface area contributed by atoms with E-state index in [-0.39, 0.29) is 17.8 Å². The maximum atomic E-state index is 12.1. The van der Waals surface area contributed by atoms with Crippen molar-refractivity contribution >= 4 is 5.91 Å². The molecule has 8 nitrogen and oxygen atoms in total. The van der Waals surface area contributed by atoms with Gasteiger partial charge >= 0.3 is 0 Å². The van der Waals surface area contributed by atoms with E-state index in [9.17, 15) is 4.79 Å². The Morgan fingerprint density at radius 2 is 2.35 bits per heavy atom. The molecule has 1 aliphatic heterocycles. The van der Waals surface area contributed by atoms with Crippen LogP contribution >= 0.6 is 0 Å². The van der Waals surface area contributed by atoms with Gasteiger partial charge in [-0.2, -0.15) is 10.2 Å². The fraction of sp³-hybridized carbons (Fsp3) is 0.417. The van der Waals surface area contributed by atoms with Gasteiger partial charge in [0.1, 0.15) is 12.4 Å². The Balaban J connectivity index is 1.59. The number of H-pyrrole nitrogens is 1. The lowest BCUT2D eigenvalue weighted by molar-refractivity contribution is 0.0759. The Morgan fingerprint density at radius 3 is 3.05 bits per heavy atom. The van der Waals surface area contributed by atoms with Crippen molar-refractivity contribution in [3.05, 3.63) is 30.0 Å². The summed E-state index contributed by atoms with van der Waals surface area (Å²) in [6.45, 7) is 3.00. The average Bonchev–Trinajstić information content (AvgIpc) is 3.12. The van der Waals surface area contributed by atoms with Crippen LogP contribution in [0, 0.1) is 6.92 Å². The second-order valence-corrected chi connectivity index (χ2v) is 4.63. The minimum Gasteiger partial charge on any atom is -0.471 e. The zero-order chi connectivity index (χ0) is 13.9. The van der Waals surface area contributed by atoms with Crippen LogP contribution in [0.2, 0.25) is 0 Å². The van der Waals surface area contributed by atoms with Gasteiger partial charge in [-0.15, -0.1) is 5.10 Å². The first-order chi connectivity index (χ1) is 9.72. The van der Waals surface area contributed by atoms with Crippen LogP contribution in [0.15, 0.2) is 18.5 Å². The summed E-state index contributed by atoms with van der Waals surface area (Å²) < 4.78 is 5.71. The highest BCUT2D eigenvalue weighted by Crippen LogP contribution is 2.17. The number of hydrogen-bond donors (Lipinski definition) is 1. The van der Waals surface area contributed by atoms with E-state index in [4.69, 9.17) is 4.74 Å². The number of aromatic nitrogens is 5. The SMILES string of the molecule is Cc1ccc(OC2CCN(C(=O)c3ncn[nH]3)C2)nn1. The minimum atomic E-state index is -0.163. The first kappa shape index (κ1) is 12.5. The molecule has 104 valence electrons. The summed E-state index contributed by atoms with van der Waals surface area (Å²) >= 11 is 0. The topological polar surface area (TPSA) is 96.9 Å². The number of likely N-dealkylation sites (tertiary alicyclic amines) is 1. The molecule has 1 amide bonds. The number of aryl methyl sites for hydroxylation is 1. The number of rotatable bonds is 3. The van der Waals surface area contributed by atoms with E-state index in [1.165, 1.54) is 6.33 Å². The highest BCUT2D eigenvalue weighted by atomic mass is 16.5. The quantitative estimate of drug-likeness (QED) is 0.858. The molecule has 2 aromatic rings. The van der Waals surface area contributed by atoms with E-state index in [0.717, 1.165) is 12.1 Å². The Kier molecular flexibility index (Phi) is 3.28. The summed E-state index contributed by atoms with van der Waals surface area (Å²) in [5.74, 6) is 0.568. The van der Waals surface area contributed by atoms with Gasteiger partial charge in [-0.25, -0.2) is 4.98 Å². The monoisotopic (exact) mass is 274 g/mol. The van der Waals surface area contributed by atoms with Gasteiger partial charge in [-0.3, -0.25) is 9.89 Å². The first-order valence-electron chi connectivity index (χ1n) is 6.34. The standard InChI is InChI=1S/C12H14N6O2/c1-8-2-3-10(16-15-8)20-9-4-5-18(6-9)12(19)11-13-7-14-17-11/h2-3,7,9H,4-6H2,1H3,(H,13,14,17). The van der Waals surface area contributed by atoms with Crippen molar-refractivity contribution in [2.24, 2.45) is 0 Å².